The largest absolute Gasteiger partial charge is 0.348 e. The summed E-state index contributed by atoms with van der Waals surface area (Å²) in [5.74, 6) is -0.0808. The molecule has 1 amide bonds. The summed E-state index contributed by atoms with van der Waals surface area (Å²) >= 11 is 3.06. The smallest absolute Gasteiger partial charge is 0.263 e. The molecule has 0 unspecified atom stereocenters. The minimum Gasteiger partial charge on any atom is -0.348 e. The fourth-order valence-corrected chi connectivity index (χ4v) is 3.14. The highest BCUT2D eigenvalue weighted by Gasteiger charge is 2.15. The third-order valence-electron chi connectivity index (χ3n) is 2.14. The highest BCUT2D eigenvalue weighted by molar-refractivity contribution is 7.22. The predicted molar refractivity (Wildman–Crippen MR) is 72.7 cm³/mol. The Hall–Kier alpha value is -1.46. The molecule has 5 heteroatoms. The van der Waals surface area contributed by atoms with E-state index in [-0.39, 0.29) is 5.91 Å². The van der Waals surface area contributed by atoms with Crippen molar-refractivity contribution in [3.05, 3.63) is 40.7 Å². The highest BCUT2D eigenvalue weighted by Crippen LogP contribution is 2.30. The Bertz CT molecular complexity index is 529. The maximum Gasteiger partial charge on any atom is 0.263 e. The summed E-state index contributed by atoms with van der Waals surface area (Å²) in [6.07, 6.45) is 1.66. The lowest BCUT2D eigenvalue weighted by Gasteiger charge is -1.98. The van der Waals surface area contributed by atoms with E-state index < -0.39 is 0 Å². The van der Waals surface area contributed by atoms with E-state index in [4.69, 9.17) is 0 Å². The molecule has 0 saturated heterocycles. The molecule has 0 radical (unpaired) electrons. The lowest BCUT2D eigenvalue weighted by atomic mass is 10.3. The second kappa shape index (κ2) is 5.25. The van der Waals surface area contributed by atoms with E-state index in [0.29, 0.717) is 11.4 Å². The lowest BCUT2D eigenvalue weighted by Crippen LogP contribution is -2.22. The average Bonchev–Trinajstić information content (AvgIpc) is 2.94. The van der Waals surface area contributed by atoms with E-state index in [0.717, 1.165) is 15.6 Å². The van der Waals surface area contributed by atoms with Gasteiger partial charge in [0.05, 0.1) is 10.6 Å². The van der Waals surface area contributed by atoms with E-state index in [9.17, 15) is 4.79 Å². The van der Waals surface area contributed by atoms with Crippen LogP contribution in [0, 0.1) is 6.92 Å². The SMILES string of the molecule is C=CCNC(=O)c1sc(-c2cccs2)nc1C. The normalized spacial score (nSPS) is 10.2. The molecule has 0 aliphatic carbocycles. The molecular weight excluding hydrogens is 252 g/mol. The first-order valence-corrected chi connectivity index (χ1v) is 6.82. The molecule has 0 aliphatic rings. The van der Waals surface area contributed by atoms with Crippen molar-refractivity contribution in [1.82, 2.24) is 10.3 Å². The van der Waals surface area contributed by atoms with Crippen molar-refractivity contribution in [3.63, 3.8) is 0 Å². The van der Waals surface area contributed by atoms with Gasteiger partial charge in [0.2, 0.25) is 0 Å². The van der Waals surface area contributed by atoms with Crippen molar-refractivity contribution in [2.75, 3.05) is 6.54 Å². The van der Waals surface area contributed by atoms with Crippen LogP contribution in [0.5, 0.6) is 0 Å². The van der Waals surface area contributed by atoms with Gasteiger partial charge in [0, 0.05) is 6.54 Å². The summed E-state index contributed by atoms with van der Waals surface area (Å²) in [5.41, 5.74) is 0.778. The number of carbonyl (C=O) groups excluding carboxylic acids is 1. The van der Waals surface area contributed by atoms with Crippen LogP contribution in [0.3, 0.4) is 0 Å². The van der Waals surface area contributed by atoms with Gasteiger partial charge in [0.15, 0.2) is 0 Å². The number of hydrogen-bond donors (Lipinski definition) is 1. The molecule has 88 valence electrons. The van der Waals surface area contributed by atoms with Gasteiger partial charge >= 0.3 is 0 Å². The fraction of sp³-hybridized carbons (Fsp3) is 0.167. The number of amides is 1. The van der Waals surface area contributed by atoms with Gasteiger partial charge in [0.1, 0.15) is 9.88 Å². The summed E-state index contributed by atoms with van der Waals surface area (Å²) in [6.45, 7) is 5.90. The Morgan fingerprint density at radius 1 is 1.65 bits per heavy atom. The summed E-state index contributed by atoms with van der Waals surface area (Å²) in [7, 11) is 0. The van der Waals surface area contributed by atoms with Gasteiger partial charge < -0.3 is 5.32 Å². The van der Waals surface area contributed by atoms with E-state index in [1.165, 1.54) is 11.3 Å². The molecule has 1 N–H and O–H groups in total. The highest BCUT2D eigenvalue weighted by atomic mass is 32.1. The predicted octanol–water partition coefficient (Wildman–Crippen LogP) is 3.10. The van der Waals surface area contributed by atoms with Crippen LogP contribution in [-0.4, -0.2) is 17.4 Å². The molecule has 0 spiro atoms. The zero-order chi connectivity index (χ0) is 12.3. The molecule has 0 atom stereocenters. The fourth-order valence-electron chi connectivity index (χ4n) is 1.36. The number of nitrogens with one attached hydrogen (secondary N) is 1. The Balaban J connectivity index is 2.25. The molecule has 17 heavy (non-hydrogen) atoms. The summed E-state index contributed by atoms with van der Waals surface area (Å²) in [5, 5.41) is 5.67. The zero-order valence-corrected chi connectivity index (χ0v) is 11.0. The monoisotopic (exact) mass is 264 g/mol. The van der Waals surface area contributed by atoms with Crippen LogP contribution in [0.15, 0.2) is 30.2 Å². The van der Waals surface area contributed by atoms with Crippen molar-refractivity contribution in [2.45, 2.75) is 6.92 Å². The molecule has 0 saturated carbocycles. The van der Waals surface area contributed by atoms with Crippen LogP contribution in [0.1, 0.15) is 15.4 Å². The molecule has 2 aromatic heterocycles. The summed E-state index contributed by atoms with van der Waals surface area (Å²) in [6, 6.07) is 3.99. The van der Waals surface area contributed by atoms with Gasteiger partial charge in [-0.15, -0.1) is 29.3 Å². The van der Waals surface area contributed by atoms with Gasteiger partial charge in [-0.1, -0.05) is 12.1 Å². The number of aryl methyl sites for hydroxylation is 1. The van der Waals surface area contributed by atoms with Crippen LogP contribution in [-0.2, 0) is 0 Å². The van der Waals surface area contributed by atoms with Gasteiger partial charge in [-0.3, -0.25) is 4.79 Å². The van der Waals surface area contributed by atoms with Gasteiger partial charge in [0.25, 0.3) is 5.91 Å². The number of thiazole rings is 1. The van der Waals surface area contributed by atoms with Crippen LogP contribution in [0.2, 0.25) is 0 Å². The molecule has 2 heterocycles. The first-order valence-electron chi connectivity index (χ1n) is 5.12. The Morgan fingerprint density at radius 2 is 2.47 bits per heavy atom. The third kappa shape index (κ3) is 2.62. The average molecular weight is 264 g/mol. The minimum absolute atomic E-state index is 0.0808. The van der Waals surface area contributed by atoms with Crippen LogP contribution < -0.4 is 5.32 Å². The molecule has 0 bridgehead atoms. The summed E-state index contributed by atoms with van der Waals surface area (Å²) in [4.78, 5) is 18.0. The van der Waals surface area contributed by atoms with Crippen molar-refractivity contribution in [2.24, 2.45) is 0 Å². The first-order chi connectivity index (χ1) is 8.22. The molecule has 2 aromatic rings. The maximum absolute atomic E-state index is 11.8. The van der Waals surface area contributed by atoms with Crippen molar-refractivity contribution < 1.29 is 4.79 Å². The van der Waals surface area contributed by atoms with Crippen molar-refractivity contribution >= 4 is 28.6 Å². The number of aromatic nitrogens is 1. The van der Waals surface area contributed by atoms with Crippen molar-refractivity contribution in [1.29, 1.82) is 0 Å². The Morgan fingerprint density at radius 3 is 3.12 bits per heavy atom. The number of nitrogens with zero attached hydrogens (tertiary/aromatic N) is 1. The molecule has 0 aromatic carbocycles. The Kier molecular flexibility index (Phi) is 3.71. The van der Waals surface area contributed by atoms with E-state index in [1.54, 1.807) is 17.4 Å². The Labute approximate surface area is 108 Å². The van der Waals surface area contributed by atoms with E-state index in [2.05, 4.69) is 16.9 Å². The zero-order valence-electron chi connectivity index (χ0n) is 9.40. The van der Waals surface area contributed by atoms with Crippen LogP contribution in [0.25, 0.3) is 9.88 Å². The van der Waals surface area contributed by atoms with Gasteiger partial charge in [-0.2, -0.15) is 0 Å². The van der Waals surface area contributed by atoms with Crippen LogP contribution in [0.4, 0.5) is 0 Å². The molecule has 0 aliphatic heterocycles. The molecule has 3 nitrogen and oxygen atoms in total. The second-order valence-electron chi connectivity index (χ2n) is 3.41. The minimum atomic E-state index is -0.0808. The second-order valence-corrected chi connectivity index (χ2v) is 5.36. The summed E-state index contributed by atoms with van der Waals surface area (Å²) < 4.78 is 0. The number of thiophene rings is 1. The first kappa shape index (κ1) is 12.0. The van der Waals surface area contributed by atoms with Crippen molar-refractivity contribution in [3.8, 4) is 9.88 Å². The maximum atomic E-state index is 11.8. The molecule has 0 fully saturated rings. The topological polar surface area (TPSA) is 42.0 Å². The van der Waals surface area contributed by atoms with Crippen LogP contribution >= 0.6 is 22.7 Å². The quantitative estimate of drug-likeness (QED) is 0.862. The molecular formula is C12H12N2OS2. The number of carbonyl (C=O) groups is 1. The molecule has 2 rings (SSSR count). The lowest BCUT2D eigenvalue weighted by molar-refractivity contribution is 0.0961. The van der Waals surface area contributed by atoms with Gasteiger partial charge in [-0.05, 0) is 18.4 Å². The van der Waals surface area contributed by atoms with E-state index in [1.807, 2.05) is 24.4 Å². The standard InChI is InChI=1S/C12H12N2OS2/c1-3-6-13-11(15)10-8(2)14-12(17-10)9-5-4-7-16-9/h3-5,7H,1,6H2,2H3,(H,13,15). The van der Waals surface area contributed by atoms with E-state index >= 15 is 0 Å². The number of rotatable bonds is 4. The number of hydrogen-bond acceptors (Lipinski definition) is 4. The third-order valence-corrected chi connectivity index (χ3v) is 4.34. The van der Waals surface area contributed by atoms with Gasteiger partial charge in [-0.25, -0.2) is 4.98 Å².